The van der Waals surface area contributed by atoms with Crippen LogP contribution in [0.3, 0.4) is 0 Å². The molecule has 2 rings (SSSR count). The van der Waals surface area contributed by atoms with Gasteiger partial charge in [-0.05, 0) is 18.2 Å². The highest BCUT2D eigenvalue weighted by atomic mass is 35.5. The molecule has 0 spiro atoms. The molecular weight excluding hydrogens is 345 g/mol. The Labute approximate surface area is 140 Å². The Morgan fingerprint density at radius 3 is 2.52 bits per heavy atom. The molecule has 118 valence electrons. The van der Waals surface area contributed by atoms with Crippen LogP contribution in [0.25, 0.3) is 0 Å². The number of ketones is 1. The quantitative estimate of drug-likeness (QED) is 0.351. The number of carbonyl (C=O) groups excluding carboxylic acids is 2. The van der Waals surface area contributed by atoms with Gasteiger partial charge >= 0.3 is 5.97 Å². The molecule has 0 radical (unpaired) electrons. The van der Waals surface area contributed by atoms with Crippen molar-refractivity contribution in [3.05, 3.63) is 73.8 Å². The number of nitrogens with zero attached hydrogens (tertiary/aromatic N) is 1. The molecule has 0 heterocycles. The lowest BCUT2D eigenvalue weighted by Crippen LogP contribution is -2.14. The lowest BCUT2D eigenvalue weighted by atomic mass is 10.1. The van der Waals surface area contributed by atoms with Crippen LogP contribution < -0.4 is 0 Å². The molecule has 2 aromatic carbocycles. The summed E-state index contributed by atoms with van der Waals surface area (Å²) in [5.74, 6) is -1.35. The SMILES string of the molecule is O=C(COC(=O)c1ccc(Cl)cc1Cl)c1cccc([N+](=O)[O-])c1. The van der Waals surface area contributed by atoms with Gasteiger partial charge < -0.3 is 4.74 Å². The summed E-state index contributed by atoms with van der Waals surface area (Å²) in [6.45, 7) is -0.557. The molecule has 0 bridgehead atoms. The molecule has 8 heteroatoms. The van der Waals surface area contributed by atoms with E-state index in [1.807, 2.05) is 0 Å². The number of nitro benzene ring substituents is 1. The minimum absolute atomic E-state index is 0.0721. The van der Waals surface area contributed by atoms with Crippen molar-refractivity contribution in [1.82, 2.24) is 0 Å². The van der Waals surface area contributed by atoms with Crippen LogP contribution in [0.4, 0.5) is 5.69 Å². The summed E-state index contributed by atoms with van der Waals surface area (Å²) in [5, 5.41) is 11.1. The van der Waals surface area contributed by atoms with Crippen LogP contribution in [0, 0.1) is 10.1 Å². The van der Waals surface area contributed by atoms with E-state index in [2.05, 4.69) is 0 Å². The molecule has 0 fully saturated rings. The fraction of sp³-hybridized carbons (Fsp3) is 0.0667. The molecule has 2 aromatic rings. The number of benzene rings is 2. The van der Waals surface area contributed by atoms with Crippen molar-refractivity contribution < 1.29 is 19.2 Å². The van der Waals surface area contributed by atoms with Gasteiger partial charge in [-0.2, -0.15) is 0 Å². The van der Waals surface area contributed by atoms with E-state index in [1.165, 1.54) is 36.4 Å². The van der Waals surface area contributed by atoms with Gasteiger partial charge in [0.05, 0.1) is 15.5 Å². The summed E-state index contributed by atoms with van der Waals surface area (Å²) in [7, 11) is 0. The molecule has 0 N–H and O–H groups in total. The standard InChI is InChI=1S/C15H9Cl2NO5/c16-10-4-5-12(13(17)7-10)15(20)23-8-14(19)9-2-1-3-11(6-9)18(21)22/h1-7H,8H2. The average molecular weight is 354 g/mol. The topological polar surface area (TPSA) is 86.5 Å². The lowest BCUT2D eigenvalue weighted by Gasteiger charge is -2.06. The monoisotopic (exact) mass is 353 g/mol. The highest BCUT2D eigenvalue weighted by Crippen LogP contribution is 2.21. The van der Waals surface area contributed by atoms with Gasteiger partial charge in [0.15, 0.2) is 6.61 Å². The summed E-state index contributed by atoms with van der Waals surface area (Å²) in [6, 6.07) is 9.38. The van der Waals surface area contributed by atoms with Crippen LogP contribution in [-0.2, 0) is 4.74 Å². The molecule has 23 heavy (non-hydrogen) atoms. The molecule has 0 aliphatic heterocycles. The Bertz CT molecular complexity index is 791. The summed E-state index contributed by atoms with van der Waals surface area (Å²) in [5.41, 5.74) is -0.0694. The van der Waals surface area contributed by atoms with E-state index in [9.17, 15) is 19.7 Å². The van der Waals surface area contributed by atoms with Crippen molar-refractivity contribution >= 4 is 40.6 Å². The number of ether oxygens (including phenoxy) is 1. The van der Waals surface area contributed by atoms with E-state index < -0.39 is 23.3 Å². The van der Waals surface area contributed by atoms with Crippen LogP contribution in [0.2, 0.25) is 10.0 Å². The molecule has 0 saturated heterocycles. The Morgan fingerprint density at radius 1 is 1.13 bits per heavy atom. The first-order valence-electron chi connectivity index (χ1n) is 6.28. The van der Waals surface area contributed by atoms with E-state index in [0.29, 0.717) is 5.02 Å². The van der Waals surface area contributed by atoms with Gasteiger partial charge in [-0.3, -0.25) is 14.9 Å². The maximum absolute atomic E-state index is 11.9. The number of esters is 1. The molecule has 0 aliphatic carbocycles. The minimum Gasteiger partial charge on any atom is -0.454 e. The number of hydrogen-bond acceptors (Lipinski definition) is 5. The van der Waals surface area contributed by atoms with E-state index in [4.69, 9.17) is 27.9 Å². The largest absolute Gasteiger partial charge is 0.454 e. The van der Waals surface area contributed by atoms with Gasteiger partial charge in [-0.25, -0.2) is 4.79 Å². The normalized spacial score (nSPS) is 10.2. The Hall–Kier alpha value is -2.44. The Balaban J connectivity index is 2.05. The fourth-order valence-electron chi connectivity index (χ4n) is 1.74. The number of rotatable bonds is 5. The molecular formula is C15H9Cl2NO5. The highest BCUT2D eigenvalue weighted by molar-refractivity contribution is 6.36. The van der Waals surface area contributed by atoms with Crippen LogP contribution in [-0.4, -0.2) is 23.3 Å². The Kier molecular flexibility index (Phi) is 5.31. The van der Waals surface area contributed by atoms with Crippen LogP contribution in [0.1, 0.15) is 20.7 Å². The van der Waals surface area contributed by atoms with Crippen LogP contribution in [0.5, 0.6) is 0 Å². The van der Waals surface area contributed by atoms with E-state index in [1.54, 1.807) is 0 Å². The minimum atomic E-state index is -0.787. The number of non-ortho nitro benzene ring substituents is 1. The number of Topliss-reactive ketones (excluding diaryl/α,β-unsaturated/α-hetero) is 1. The smallest absolute Gasteiger partial charge is 0.340 e. The Morgan fingerprint density at radius 2 is 1.87 bits per heavy atom. The molecule has 0 aromatic heterocycles. The zero-order chi connectivity index (χ0) is 17.0. The maximum Gasteiger partial charge on any atom is 0.340 e. The first-order chi connectivity index (χ1) is 10.9. The summed E-state index contributed by atoms with van der Waals surface area (Å²) in [6.07, 6.45) is 0. The average Bonchev–Trinajstić information content (AvgIpc) is 2.52. The summed E-state index contributed by atoms with van der Waals surface area (Å²) in [4.78, 5) is 33.9. The van der Waals surface area contributed by atoms with Gasteiger partial charge in [0, 0.05) is 22.7 Å². The lowest BCUT2D eigenvalue weighted by molar-refractivity contribution is -0.384. The molecule has 6 nitrogen and oxygen atoms in total. The predicted molar refractivity (Wildman–Crippen MR) is 84.2 cm³/mol. The van der Waals surface area contributed by atoms with Gasteiger partial charge in [-0.1, -0.05) is 35.3 Å². The van der Waals surface area contributed by atoms with Crippen LogP contribution in [0.15, 0.2) is 42.5 Å². The van der Waals surface area contributed by atoms with Crippen molar-refractivity contribution in [2.75, 3.05) is 6.61 Å². The second-order valence-corrected chi connectivity index (χ2v) is 5.27. The zero-order valence-electron chi connectivity index (χ0n) is 11.5. The van der Waals surface area contributed by atoms with E-state index >= 15 is 0 Å². The van der Waals surface area contributed by atoms with Crippen molar-refractivity contribution in [2.45, 2.75) is 0 Å². The number of hydrogen-bond donors (Lipinski definition) is 0. The van der Waals surface area contributed by atoms with Crippen molar-refractivity contribution in [3.8, 4) is 0 Å². The number of carbonyl (C=O) groups is 2. The number of nitro groups is 1. The third-order valence-corrected chi connectivity index (χ3v) is 3.41. The number of halogens is 2. The summed E-state index contributed by atoms with van der Waals surface area (Å²) >= 11 is 11.6. The summed E-state index contributed by atoms with van der Waals surface area (Å²) < 4.78 is 4.88. The molecule has 0 atom stereocenters. The van der Waals surface area contributed by atoms with Gasteiger partial charge in [0.2, 0.25) is 5.78 Å². The van der Waals surface area contributed by atoms with Gasteiger partial charge in [-0.15, -0.1) is 0 Å². The second kappa shape index (κ2) is 7.21. The molecule has 0 aliphatic rings. The second-order valence-electron chi connectivity index (χ2n) is 4.43. The molecule has 0 saturated carbocycles. The van der Waals surface area contributed by atoms with Crippen molar-refractivity contribution in [2.24, 2.45) is 0 Å². The van der Waals surface area contributed by atoms with E-state index in [-0.39, 0.29) is 21.8 Å². The predicted octanol–water partition coefficient (Wildman–Crippen LogP) is 3.94. The van der Waals surface area contributed by atoms with Crippen LogP contribution >= 0.6 is 23.2 Å². The molecule has 0 amide bonds. The highest BCUT2D eigenvalue weighted by Gasteiger charge is 2.16. The van der Waals surface area contributed by atoms with E-state index in [0.717, 1.165) is 6.07 Å². The van der Waals surface area contributed by atoms with Crippen molar-refractivity contribution in [1.29, 1.82) is 0 Å². The van der Waals surface area contributed by atoms with Gasteiger partial charge in [0.25, 0.3) is 5.69 Å². The van der Waals surface area contributed by atoms with Crippen molar-refractivity contribution in [3.63, 3.8) is 0 Å². The fourth-order valence-corrected chi connectivity index (χ4v) is 2.23. The maximum atomic E-state index is 11.9. The first kappa shape index (κ1) is 16.9. The van der Waals surface area contributed by atoms with Gasteiger partial charge in [0.1, 0.15) is 0 Å². The third-order valence-electron chi connectivity index (χ3n) is 2.86. The zero-order valence-corrected chi connectivity index (χ0v) is 13.0. The third kappa shape index (κ3) is 4.28. The molecule has 0 unspecified atom stereocenters. The first-order valence-corrected chi connectivity index (χ1v) is 7.04.